The highest BCUT2D eigenvalue weighted by Crippen LogP contribution is 2.30. The lowest BCUT2D eigenvalue weighted by Crippen LogP contribution is -2.04. The van der Waals surface area contributed by atoms with Crippen LogP contribution in [0.15, 0.2) is 69.7 Å². The van der Waals surface area contributed by atoms with Crippen LogP contribution in [0.4, 0.5) is 0 Å². The molecule has 2 aromatic carbocycles. The highest BCUT2D eigenvalue weighted by molar-refractivity contribution is 5.81. The van der Waals surface area contributed by atoms with Crippen molar-refractivity contribution in [2.45, 2.75) is 0 Å². The number of hydrogen-bond donors (Lipinski definition) is 0. The minimum absolute atomic E-state index is 0.500. The first-order chi connectivity index (χ1) is 12.3. The van der Waals surface area contributed by atoms with Gasteiger partial charge in [0.1, 0.15) is 23.6 Å². The fourth-order valence-electron chi connectivity index (χ4n) is 2.61. The van der Waals surface area contributed by atoms with Gasteiger partial charge in [-0.05, 0) is 48.5 Å². The molecule has 0 bridgehead atoms. The fourth-order valence-corrected chi connectivity index (χ4v) is 2.61. The van der Waals surface area contributed by atoms with E-state index in [1.807, 2.05) is 54.6 Å². The van der Waals surface area contributed by atoms with Crippen LogP contribution in [0.25, 0.3) is 33.9 Å². The smallest absolute Gasteiger partial charge is 0.227 e. The Labute approximate surface area is 144 Å². The van der Waals surface area contributed by atoms with E-state index in [0.717, 1.165) is 33.7 Å². The minimum Gasteiger partial charge on any atom is -0.491 e. The van der Waals surface area contributed by atoms with Crippen molar-refractivity contribution >= 4 is 11.1 Å². The molecule has 2 heterocycles. The van der Waals surface area contributed by atoms with Crippen molar-refractivity contribution in [2.24, 2.45) is 0 Å². The lowest BCUT2D eigenvalue weighted by molar-refractivity contribution is 0.146. The Bertz CT molecular complexity index is 972. The Morgan fingerprint density at radius 1 is 0.960 bits per heavy atom. The van der Waals surface area contributed by atoms with Crippen molar-refractivity contribution < 1.29 is 18.3 Å². The molecule has 2 aromatic heterocycles. The van der Waals surface area contributed by atoms with Crippen LogP contribution in [0.5, 0.6) is 5.75 Å². The molecule has 4 rings (SSSR count). The normalized spacial score (nSPS) is 11.1. The summed E-state index contributed by atoms with van der Waals surface area (Å²) in [7, 11) is 1.65. The van der Waals surface area contributed by atoms with Gasteiger partial charge in [0.15, 0.2) is 5.58 Å². The summed E-state index contributed by atoms with van der Waals surface area (Å²) < 4.78 is 22.0. The van der Waals surface area contributed by atoms with E-state index in [1.54, 1.807) is 13.4 Å². The lowest BCUT2D eigenvalue weighted by Gasteiger charge is -2.05. The molecule has 0 amide bonds. The molecule has 0 N–H and O–H groups in total. The second-order valence-electron chi connectivity index (χ2n) is 5.55. The predicted octanol–water partition coefficient (Wildman–Crippen LogP) is 4.78. The highest BCUT2D eigenvalue weighted by Gasteiger charge is 2.11. The number of oxazole rings is 1. The minimum atomic E-state index is 0.500. The molecule has 5 heteroatoms. The highest BCUT2D eigenvalue weighted by atomic mass is 16.5. The van der Waals surface area contributed by atoms with Crippen LogP contribution in [-0.2, 0) is 4.74 Å². The van der Waals surface area contributed by atoms with Crippen molar-refractivity contribution in [2.75, 3.05) is 20.3 Å². The van der Waals surface area contributed by atoms with E-state index in [-0.39, 0.29) is 0 Å². The Morgan fingerprint density at radius 3 is 2.76 bits per heavy atom. The van der Waals surface area contributed by atoms with Gasteiger partial charge in [-0.3, -0.25) is 0 Å². The van der Waals surface area contributed by atoms with Crippen LogP contribution >= 0.6 is 0 Å². The van der Waals surface area contributed by atoms with Gasteiger partial charge in [0.25, 0.3) is 0 Å². The maximum absolute atomic E-state index is 5.94. The summed E-state index contributed by atoms with van der Waals surface area (Å²) in [6.45, 7) is 1.04. The Balaban J connectivity index is 1.64. The Morgan fingerprint density at radius 2 is 1.92 bits per heavy atom. The zero-order valence-electron chi connectivity index (χ0n) is 13.8. The van der Waals surface area contributed by atoms with E-state index < -0.39 is 0 Å². The molecule has 0 aliphatic heterocycles. The zero-order valence-corrected chi connectivity index (χ0v) is 13.8. The first-order valence-electron chi connectivity index (χ1n) is 8.00. The van der Waals surface area contributed by atoms with E-state index in [2.05, 4.69) is 4.98 Å². The maximum atomic E-state index is 5.94. The number of methoxy groups -OCH3 is 1. The summed E-state index contributed by atoms with van der Waals surface area (Å²) in [6, 6.07) is 17.3. The number of rotatable bonds is 6. The number of nitrogens with zero attached hydrogens (tertiary/aromatic N) is 1. The number of fused-ring (bicyclic) bond motifs is 1. The molecule has 0 aliphatic carbocycles. The van der Waals surface area contributed by atoms with Gasteiger partial charge in [-0.15, -0.1) is 0 Å². The van der Waals surface area contributed by atoms with Crippen LogP contribution in [0, 0.1) is 0 Å². The van der Waals surface area contributed by atoms with Crippen molar-refractivity contribution in [1.29, 1.82) is 0 Å². The van der Waals surface area contributed by atoms with Crippen molar-refractivity contribution in [1.82, 2.24) is 4.98 Å². The second-order valence-corrected chi connectivity index (χ2v) is 5.55. The number of ether oxygens (including phenoxy) is 2. The molecular formula is C20H17NO4. The van der Waals surface area contributed by atoms with Gasteiger partial charge < -0.3 is 18.3 Å². The van der Waals surface area contributed by atoms with Crippen molar-refractivity contribution in [3.8, 4) is 28.5 Å². The molecule has 25 heavy (non-hydrogen) atoms. The molecule has 0 saturated carbocycles. The summed E-state index contributed by atoms with van der Waals surface area (Å²) in [5.41, 5.74) is 3.34. The summed E-state index contributed by atoms with van der Waals surface area (Å²) in [5, 5.41) is 0. The predicted molar refractivity (Wildman–Crippen MR) is 94.5 cm³/mol. The molecule has 5 nitrogen and oxygen atoms in total. The van der Waals surface area contributed by atoms with Crippen LogP contribution in [-0.4, -0.2) is 25.3 Å². The molecule has 0 fully saturated rings. The molecule has 0 spiro atoms. The van der Waals surface area contributed by atoms with Crippen molar-refractivity contribution in [3.63, 3.8) is 0 Å². The topological polar surface area (TPSA) is 57.6 Å². The number of hydrogen-bond acceptors (Lipinski definition) is 5. The average Bonchev–Trinajstić information content (AvgIpc) is 3.31. The molecule has 0 saturated heterocycles. The van der Waals surface area contributed by atoms with Crippen LogP contribution in [0.1, 0.15) is 0 Å². The zero-order chi connectivity index (χ0) is 17.1. The van der Waals surface area contributed by atoms with Crippen LogP contribution < -0.4 is 4.74 Å². The Kier molecular flexibility index (Phi) is 4.23. The van der Waals surface area contributed by atoms with Crippen LogP contribution in [0.2, 0.25) is 0 Å². The van der Waals surface area contributed by atoms with E-state index in [9.17, 15) is 0 Å². The SMILES string of the molecule is COCCOc1cccc(-c2nc3ccc(-c4ccco4)cc3o2)c1. The van der Waals surface area contributed by atoms with Gasteiger partial charge in [0.05, 0.1) is 12.9 Å². The monoisotopic (exact) mass is 335 g/mol. The molecule has 126 valence electrons. The van der Waals surface area contributed by atoms with Gasteiger partial charge >= 0.3 is 0 Å². The first kappa shape index (κ1) is 15.5. The summed E-state index contributed by atoms with van der Waals surface area (Å²) in [6.07, 6.45) is 1.65. The average molecular weight is 335 g/mol. The standard InChI is InChI=1S/C20H17NO4/c1-22-10-11-23-16-5-2-4-15(12-16)20-21-17-8-7-14(13-19(17)25-20)18-6-3-9-24-18/h2-9,12-13H,10-11H2,1H3. The summed E-state index contributed by atoms with van der Waals surface area (Å²) >= 11 is 0. The molecule has 0 radical (unpaired) electrons. The molecule has 4 aromatic rings. The third-order valence-corrected chi connectivity index (χ3v) is 3.83. The van der Waals surface area contributed by atoms with Gasteiger partial charge in [-0.2, -0.15) is 0 Å². The first-order valence-corrected chi connectivity index (χ1v) is 8.00. The number of furan rings is 1. The van der Waals surface area contributed by atoms with E-state index in [1.165, 1.54) is 0 Å². The molecule has 0 atom stereocenters. The number of aromatic nitrogens is 1. The largest absolute Gasteiger partial charge is 0.491 e. The Hall–Kier alpha value is -3.05. The number of benzene rings is 2. The molecular weight excluding hydrogens is 318 g/mol. The second kappa shape index (κ2) is 6.83. The van der Waals surface area contributed by atoms with Gasteiger partial charge in [0.2, 0.25) is 5.89 Å². The van der Waals surface area contributed by atoms with E-state index in [4.69, 9.17) is 18.3 Å². The fraction of sp³-hybridized carbons (Fsp3) is 0.150. The maximum Gasteiger partial charge on any atom is 0.227 e. The van der Waals surface area contributed by atoms with Crippen molar-refractivity contribution in [3.05, 3.63) is 60.9 Å². The lowest BCUT2D eigenvalue weighted by atomic mass is 10.1. The molecule has 0 unspecified atom stereocenters. The third-order valence-electron chi connectivity index (χ3n) is 3.83. The van der Waals surface area contributed by atoms with Gasteiger partial charge in [0, 0.05) is 18.2 Å². The third kappa shape index (κ3) is 3.27. The molecule has 0 aliphatic rings. The quantitative estimate of drug-likeness (QED) is 0.475. The summed E-state index contributed by atoms with van der Waals surface area (Å²) in [4.78, 5) is 4.57. The van der Waals surface area contributed by atoms with Gasteiger partial charge in [-0.25, -0.2) is 4.98 Å². The summed E-state index contributed by atoms with van der Waals surface area (Å²) in [5.74, 6) is 2.12. The van der Waals surface area contributed by atoms with E-state index in [0.29, 0.717) is 19.1 Å². The van der Waals surface area contributed by atoms with Gasteiger partial charge in [-0.1, -0.05) is 6.07 Å². The van der Waals surface area contributed by atoms with E-state index >= 15 is 0 Å². The van der Waals surface area contributed by atoms with Crippen LogP contribution in [0.3, 0.4) is 0 Å².